The van der Waals surface area contributed by atoms with Crippen molar-refractivity contribution in [3.8, 4) is 16.9 Å². The van der Waals surface area contributed by atoms with Gasteiger partial charge in [0.15, 0.2) is 0 Å². The van der Waals surface area contributed by atoms with Crippen LogP contribution in [0.5, 0.6) is 5.75 Å². The zero-order valence-corrected chi connectivity index (χ0v) is 19.5. The maximum Gasteiger partial charge on any atom is 0.224 e. The molecule has 7 nitrogen and oxygen atoms in total. The van der Waals surface area contributed by atoms with Crippen molar-refractivity contribution in [3.63, 3.8) is 0 Å². The number of benzene rings is 1. The third-order valence-electron chi connectivity index (χ3n) is 5.67. The first-order valence-corrected chi connectivity index (χ1v) is 11.9. The van der Waals surface area contributed by atoms with Crippen LogP contribution in [0.2, 0.25) is 0 Å². The molecule has 1 aromatic carbocycles. The highest BCUT2D eigenvalue weighted by molar-refractivity contribution is 7.09. The average Bonchev–Trinajstić information content (AvgIpc) is 3.48. The number of hydrogen-bond donors (Lipinski definition) is 1. The van der Waals surface area contributed by atoms with E-state index in [1.54, 1.807) is 23.9 Å². The van der Waals surface area contributed by atoms with Crippen molar-refractivity contribution >= 4 is 22.9 Å². The van der Waals surface area contributed by atoms with Gasteiger partial charge in [0.05, 0.1) is 5.01 Å². The SMILES string of the molecule is Cc1ncnc(C)c1-c1cc(NC(=O)CCc2nccs2)ccc1OCCN1CCCC1. The van der Waals surface area contributed by atoms with Crippen LogP contribution in [0.1, 0.15) is 35.7 Å². The van der Waals surface area contributed by atoms with E-state index < -0.39 is 0 Å². The van der Waals surface area contributed by atoms with E-state index >= 15 is 0 Å². The van der Waals surface area contributed by atoms with Gasteiger partial charge in [0.25, 0.3) is 0 Å². The number of carbonyl (C=O) groups is 1. The van der Waals surface area contributed by atoms with Crippen molar-refractivity contribution in [2.75, 3.05) is 31.6 Å². The van der Waals surface area contributed by atoms with Gasteiger partial charge >= 0.3 is 0 Å². The number of aryl methyl sites for hydroxylation is 3. The number of rotatable bonds is 9. The first-order chi connectivity index (χ1) is 15.6. The molecule has 3 aromatic rings. The lowest BCUT2D eigenvalue weighted by Crippen LogP contribution is -2.25. The second kappa shape index (κ2) is 10.7. The van der Waals surface area contributed by atoms with E-state index in [4.69, 9.17) is 4.74 Å². The molecule has 168 valence electrons. The van der Waals surface area contributed by atoms with Gasteiger partial charge in [-0.1, -0.05) is 0 Å². The Bertz CT molecular complexity index is 1030. The highest BCUT2D eigenvalue weighted by Crippen LogP contribution is 2.35. The van der Waals surface area contributed by atoms with Crippen molar-refractivity contribution in [3.05, 3.63) is 52.5 Å². The van der Waals surface area contributed by atoms with Crippen LogP contribution < -0.4 is 10.1 Å². The summed E-state index contributed by atoms with van der Waals surface area (Å²) in [5, 5.41) is 5.91. The van der Waals surface area contributed by atoms with Gasteiger partial charge in [-0.2, -0.15) is 0 Å². The van der Waals surface area contributed by atoms with Gasteiger partial charge < -0.3 is 10.1 Å². The van der Waals surface area contributed by atoms with Gasteiger partial charge in [-0.25, -0.2) is 15.0 Å². The predicted octanol–water partition coefficient (Wildman–Crippen LogP) is 4.26. The Hall–Kier alpha value is -2.84. The number of hydrogen-bond acceptors (Lipinski definition) is 7. The molecule has 2 aromatic heterocycles. The Kier molecular flexibility index (Phi) is 7.44. The van der Waals surface area contributed by atoms with Crippen LogP contribution in [0.25, 0.3) is 11.1 Å². The van der Waals surface area contributed by atoms with E-state index in [0.717, 1.165) is 58.6 Å². The molecule has 0 bridgehead atoms. The fraction of sp³-hybridized carbons (Fsp3) is 0.417. The number of carbonyl (C=O) groups excluding carboxylic acids is 1. The Morgan fingerprint density at radius 1 is 1.16 bits per heavy atom. The zero-order valence-electron chi connectivity index (χ0n) is 18.6. The van der Waals surface area contributed by atoms with E-state index in [1.165, 1.54) is 12.8 Å². The molecule has 4 rings (SSSR count). The lowest BCUT2D eigenvalue weighted by molar-refractivity contribution is -0.116. The largest absolute Gasteiger partial charge is 0.492 e. The molecule has 1 aliphatic rings. The molecule has 0 spiro atoms. The number of likely N-dealkylation sites (tertiary alicyclic amines) is 1. The third-order valence-corrected chi connectivity index (χ3v) is 6.51. The van der Waals surface area contributed by atoms with Gasteiger partial charge in [0, 0.05) is 59.2 Å². The second-order valence-corrected chi connectivity index (χ2v) is 8.98. The monoisotopic (exact) mass is 451 g/mol. The average molecular weight is 452 g/mol. The van der Waals surface area contributed by atoms with Gasteiger partial charge in [0.1, 0.15) is 18.7 Å². The van der Waals surface area contributed by atoms with E-state index in [0.29, 0.717) is 19.4 Å². The zero-order chi connectivity index (χ0) is 22.3. The lowest BCUT2D eigenvalue weighted by atomic mass is 10.0. The van der Waals surface area contributed by atoms with Crippen LogP contribution in [0.15, 0.2) is 36.1 Å². The minimum Gasteiger partial charge on any atom is -0.492 e. The van der Waals surface area contributed by atoms with Crippen molar-refractivity contribution in [2.45, 2.75) is 39.5 Å². The highest BCUT2D eigenvalue weighted by Gasteiger charge is 2.17. The summed E-state index contributed by atoms with van der Waals surface area (Å²) in [7, 11) is 0. The summed E-state index contributed by atoms with van der Waals surface area (Å²) < 4.78 is 6.20. The maximum atomic E-state index is 12.5. The molecule has 0 radical (unpaired) electrons. The summed E-state index contributed by atoms with van der Waals surface area (Å²) in [5.74, 6) is 0.748. The second-order valence-electron chi connectivity index (χ2n) is 8.00. The summed E-state index contributed by atoms with van der Waals surface area (Å²) in [6.45, 7) is 7.77. The summed E-state index contributed by atoms with van der Waals surface area (Å²) >= 11 is 1.57. The number of thiazole rings is 1. The van der Waals surface area contributed by atoms with E-state index in [9.17, 15) is 4.79 Å². The molecule has 1 amide bonds. The molecule has 0 unspecified atom stereocenters. The summed E-state index contributed by atoms with van der Waals surface area (Å²) in [5.41, 5.74) is 4.35. The van der Waals surface area contributed by atoms with E-state index in [2.05, 4.69) is 25.2 Å². The van der Waals surface area contributed by atoms with E-state index in [-0.39, 0.29) is 5.91 Å². The number of nitrogens with zero attached hydrogens (tertiary/aromatic N) is 4. The Labute approximate surface area is 192 Å². The van der Waals surface area contributed by atoms with Crippen molar-refractivity contribution in [2.24, 2.45) is 0 Å². The Morgan fingerprint density at radius 3 is 2.66 bits per heavy atom. The molecule has 32 heavy (non-hydrogen) atoms. The predicted molar refractivity (Wildman–Crippen MR) is 127 cm³/mol. The quantitative estimate of drug-likeness (QED) is 0.524. The molecule has 0 atom stereocenters. The number of ether oxygens (including phenoxy) is 1. The number of aromatic nitrogens is 3. The summed E-state index contributed by atoms with van der Waals surface area (Å²) in [6, 6.07) is 5.79. The van der Waals surface area contributed by atoms with Crippen LogP contribution >= 0.6 is 11.3 Å². The van der Waals surface area contributed by atoms with Gasteiger partial charge in [0.2, 0.25) is 5.91 Å². The maximum absolute atomic E-state index is 12.5. The minimum absolute atomic E-state index is 0.0355. The number of nitrogens with one attached hydrogen (secondary N) is 1. The molecule has 8 heteroatoms. The van der Waals surface area contributed by atoms with Gasteiger partial charge in [-0.05, 0) is 58.0 Å². The standard InChI is InChI=1S/C24H29N5O2S/c1-17-24(18(2)27-16-26-17)20-15-19(28-22(30)7-8-23-25-9-14-32-23)5-6-21(20)31-13-12-29-10-3-4-11-29/h5-6,9,14-16H,3-4,7-8,10-13H2,1-2H3,(H,28,30). The molecule has 1 N–H and O–H groups in total. The van der Waals surface area contributed by atoms with Crippen LogP contribution in [-0.4, -0.2) is 52.0 Å². The normalized spacial score (nSPS) is 13.9. The smallest absolute Gasteiger partial charge is 0.224 e. The summed E-state index contributed by atoms with van der Waals surface area (Å²) in [4.78, 5) is 27.9. The fourth-order valence-electron chi connectivity index (χ4n) is 4.02. The molecule has 1 fully saturated rings. The third kappa shape index (κ3) is 5.69. The first-order valence-electron chi connectivity index (χ1n) is 11.1. The van der Waals surface area contributed by atoms with Gasteiger partial charge in [-0.15, -0.1) is 11.3 Å². The van der Waals surface area contributed by atoms with Crippen LogP contribution in [0.3, 0.4) is 0 Å². The molecular formula is C24H29N5O2S. The summed E-state index contributed by atoms with van der Waals surface area (Å²) in [6.07, 6.45) is 6.90. The van der Waals surface area contributed by atoms with Crippen LogP contribution in [0, 0.1) is 13.8 Å². The lowest BCUT2D eigenvalue weighted by Gasteiger charge is -2.18. The number of anilines is 1. The Morgan fingerprint density at radius 2 is 1.94 bits per heavy atom. The Balaban J connectivity index is 1.51. The highest BCUT2D eigenvalue weighted by atomic mass is 32.1. The van der Waals surface area contributed by atoms with Crippen LogP contribution in [-0.2, 0) is 11.2 Å². The first kappa shape index (κ1) is 22.4. The van der Waals surface area contributed by atoms with E-state index in [1.807, 2.05) is 37.4 Å². The molecule has 1 aliphatic heterocycles. The van der Waals surface area contributed by atoms with Gasteiger partial charge in [-0.3, -0.25) is 9.69 Å². The molecule has 3 heterocycles. The molecule has 0 saturated carbocycles. The minimum atomic E-state index is -0.0355. The number of amides is 1. The fourth-order valence-corrected chi connectivity index (χ4v) is 4.64. The van der Waals surface area contributed by atoms with Crippen LogP contribution in [0.4, 0.5) is 5.69 Å². The molecular weight excluding hydrogens is 422 g/mol. The molecule has 1 saturated heterocycles. The van der Waals surface area contributed by atoms with Crippen molar-refractivity contribution < 1.29 is 9.53 Å². The van der Waals surface area contributed by atoms with Crippen molar-refractivity contribution in [1.82, 2.24) is 19.9 Å². The topological polar surface area (TPSA) is 80.2 Å². The van der Waals surface area contributed by atoms with Crippen molar-refractivity contribution in [1.29, 1.82) is 0 Å². The molecule has 0 aliphatic carbocycles.